The van der Waals surface area contributed by atoms with Crippen LogP contribution >= 0.6 is 0 Å². The number of benzene rings is 1. The monoisotopic (exact) mass is 289 g/mol. The summed E-state index contributed by atoms with van der Waals surface area (Å²) in [6, 6.07) is 7.95. The van der Waals surface area contributed by atoms with Gasteiger partial charge in [0.1, 0.15) is 9.84 Å². The molecule has 18 heavy (non-hydrogen) atoms. The van der Waals surface area contributed by atoms with E-state index in [2.05, 4.69) is 4.72 Å². The van der Waals surface area contributed by atoms with Crippen molar-refractivity contribution < 1.29 is 16.8 Å². The number of hydrogen-bond acceptors (Lipinski definition) is 4. The zero-order chi connectivity index (χ0) is 13.4. The lowest BCUT2D eigenvalue weighted by Crippen LogP contribution is -2.41. The highest BCUT2D eigenvalue weighted by Gasteiger charge is 2.48. The van der Waals surface area contributed by atoms with Crippen molar-refractivity contribution in [1.82, 2.24) is 4.72 Å². The number of hydrogen-bond donors (Lipinski definition) is 1. The average Bonchev–Trinajstić information content (AvgIpc) is 2.95. The number of sulfone groups is 1. The van der Waals surface area contributed by atoms with Gasteiger partial charge in [-0.15, -0.1) is 0 Å². The minimum absolute atomic E-state index is 0.147. The molecule has 5 nitrogen and oxygen atoms in total. The second kappa shape index (κ2) is 4.32. The first-order valence-electron chi connectivity index (χ1n) is 5.49. The predicted octanol–water partition coefficient (Wildman–Crippen LogP) is 0.542. The lowest BCUT2D eigenvalue weighted by atomic mass is 10.4. The highest BCUT2D eigenvalue weighted by Crippen LogP contribution is 2.38. The molecule has 1 fully saturated rings. The van der Waals surface area contributed by atoms with Crippen molar-refractivity contribution in [1.29, 1.82) is 0 Å². The minimum atomic E-state index is -3.64. The SMILES string of the molecule is CS(=O)(=O)CC1(NS(=O)(=O)c2ccccc2)CC1. The maximum atomic E-state index is 12.1. The second-order valence-corrected chi connectivity index (χ2v) is 8.59. The Morgan fingerprint density at radius 2 is 1.67 bits per heavy atom. The van der Waals surface area contributed by atoms with Crippen molar-refractivity contribution in [3.05, 3.63) is 30.3 Å². The fourth-order valence-electron chi connectivity index (χ4n) is 1.87. The molecule has 0 heterocycles. The molecule has 100 valence electrons. The van der Waals surface area contributed by atoms with Gasteiger partial charge in [-0.05, 0) is 25.0 Å². The zero-order valence-electron chi connectivity index (χ0n) is 9.96. The van der Waals surface area contributed by atoms with Crippen LogP contribution in [0.3, 0.4) is 0 Å². The Morgan fingerprint density at radius 3 is 2.11 bits per heavy atom. The van der Waals surface area contributed by atoms with Gasteiger partial charge in [0.05, 0.1) is 10.6 Å². The number of sulfonamides is 1. The van der Waals surface area contributed by atoms with Crippen molar-refractivity contribution in [2.45, 2.75) is 23.3 Å². The Kier molecular flexibility index (Phi) is 3.25. The number of nitrogens with one attached hydrogen (secondary N) is 1. The minimum Gasteiger partial charge on any atom is -0.229 e. The Bertz CT molecular complexity index is 631. The Hall–Kier alpha value is -0.920. The molecule has 1 N–H and O–H groups in total. The highest BCUT2D eigenvalue weighted by atomic mass is 32.2. The van der Waals surface area contributed by atoms with Gasteiger partial charge in [0.2, 0.25) is 10.0 Å². The van der Waals surface area contributed by atoms with Gasteiger partial charge in [0.25, 0.3) is 0 Å². The third-order valence-electron chi connectivity index (χ3n) is 2.80. The summed E-state index contributed by atoms with van der Waals surface area (Å²) in [5.41, 5.74) is -0.803. The molecule has 0 aliphatic heterocycles. The van der Waals surface area contributed by atoms with Crippen LogP contribution in [0.2, 0.25) is 0 Å². The fourth-order valence-corrected chi connectivity index (χ4v) is 4.81. The summed E-state index contributed by atoms with van der Waals surface area (Å²) < 4.78 is 49.2. The van der Waals surface area contributed by atoms with Crippen molar-refractivity contribution in [2.75, 3.05) is 12.0 Å². The van der Waals surface area contributed by atoms with Crippen LogP contribution in [-0.2, 0) is 19.9 Å². The standard InChI is InChI=1S/C11H15NO4S2/c1-17(13,14)9-11(7-8-11)12-18(15,16)10-5-3-2-4-6-10/h2-6,12H,7-9H2,1H3. The molecule has 0 spiro atoms. The third kappa shape index (κ3) is 3.30. The molecule has 1 aliphatic rings. The van der Waals surface area contributed by atoms with E-state index in [-0.39, 0.29) is 10.6 Å². The highest BCUT2D eigenvalue weighted by molar-refractivity contribution is 7.91. The normalized spacial score (nSPS) is 18.5. The van der Waals surface area contributed by atoms with Crippen molar-refractivity contribution >= 4 is 19.9 Å². The van der Waals surface area contributed by atoms with Crippen molar-refractivity contribution in [3.8, 4) is 0 Å². The quantitative estimate of drug-likeness (QED) is 0.858. The molecule has 1 aromatic carbocycles. The van der Waals surface area contributed by atoms with Crippen LogP contribution in [0.5, 0.6) is 0 Å². The van der Waals surface area contributed by atoms with Crippen LogP contribution in [-0.4, -0.2) is 34.4 Å². The lowest BCUT2D eigenvalue weighted by Gasteiger charge is -2.16. The van der Waals surface area contributed by atoms with E-state index < -0.39 is 25.4 Å². The topological polar surface area (TPSA) is 80.3 Å². The molecular formula is C11H15NO4S2. The van der Waals surface area contributed by atoms with Crippen LogP contribution in [0.4, 0.5) is 0 Å². The molecule has 1 aliphatic carbocycles. The van der Waals surface area contributed by atoms with Gasteiger partial charge in [-0.2, -0.15) is 0 Å². The first-order chi connectivity index (χ1) is 8.23. The van der Waals surface area contributed by atoms with Crippen LogP contribution in [0.15, 0.2) is 35.2 Å². The summed E-state index contributed by atoms with van der Waals surface area (Å²) in [6.45, 7) is 0. The maximum Gasteiger partial charge on any atom is 0.241 e. The summed E-state index contributed by atoms with van der Waals surface area (Å²) in [5, 5.41) is 0. The Balaban J connectivity index is 2.20. The molecule has 0 unspecified atom stereocenters. The van der Waals surface area contributed by atoms with Gasteiger partial charge in [-0.25, -0.2) is 21.6 Å². The number of rotatable bonds is 5. The largest absolute Gasteiger partial charge is 0.241 e. The summed E-state index contributed by atoms with van der Waals surface area (Å²) in [7, 11) is -6.84. The molecule has 2 rings (SSSR count). The first kappa shape index (κ1) is 13.5. The van der Waals surface area contributed by atoms with E-state index in [1.54, 1.807) is 18.2 Å². The van der Waals surface area contributed by atoms with Crippen molar-refractivity contribution in [2.24, 2.45) is 0 Å². The summed E-state index contributed by atoms with van der Waals surface area (Å²) in [5.74, 6) is -0.147. The predicted molar refractivity (Wildman–Crippen MR) is 68.4 cm³/mol. The maximum absolute atomic E-state index is 12.1. The molecule has 7 heteroatoms. The van der Waals surface area contributed by atoms with Gasteiger partial charge in [-0.3, -0.25) is 0 Å². The van der Waals surface area contributed by atoms with Gasteiger partial charge in [0.15, 0.2) is 0 Å². The van der Waals surface area contributed by atoms with E-state index in [4.69, 9.17) is 0 Å². The smallest absolute Gasteiger partial charge is 0.229 e. The van der Waals surface area contributed by atoms with Gasteiger partial charge < -0.3 is 0 Å². The molecule has 0 amide bonds. The molecule has 0 atom stereocenters. The van der Waals surface area contributed by atoms with Crippen LogP contribution in [0, 0.1) is 0 Å². The average molecular weight is 289 g/mol. The molecule has 1 saturated carbocycles. The second-order valence-electron chi connectivity index (χ2n) is 4.77. The van der Waals surface area contributed by atoms with Gasteiger partial charge in [0, 0.05) is 11.8 Å². The zero-order valence-corrected chi connectivity index (χ0v) is 11.6. The lowest BCUT2D eigenvalue weighted by molar-refractivity contribution is 0.551. The van der Waals surface area contributed by atoms with Crippen LogP contribution in [0.1, 0.15) is 12.8 Å². The van der Waals surface area contributed by atoms with Crippen molar-refractivity contribution in [3.63, 3.8) is 0 Å². The molecule has 0 saturated heterocycles. The van der Waals surface area contributed by atoms with E-state index in [9.17, 15) is 16.8 Å². The Labute approximate surface area is 107 Å². The van der Waals surface area contributed by atoms with E-state index in [0.29, 0.717) is 12.8 Å². The van der Waals surface area contributed by atoms with Crippen LogP contribution < -0.4 is 4.72 Å². The summed E-state index contributed by atoms with van der Waals surface area (Å²) >= 11 is 0. The first-order valence-corrected chi connectivity index (χ1v) is 9.04. The van der Waals surface area contributed by atoms with E-state index >= 15 is 0 Å². The Morgan fingerprint density at radius 1 is 1.11 bits per heavy atom. The molecule has 0 bridgehead atoms. The van der Waals surface area contributed by atoms with E-state index in [1.807, 2.05) is 0 Å². The molecule has 0 radical (unpaired) electrons. The van der Waals surface area contributed by atoms with Crippen LogP contribution in [0.25, 0.3) is 0 Å². The molecule has 1 aromatic rings. The van der Waals surface area contributed by atoms with Gasteiger partial charge >= 0.3 is 0 Å². The van der Waals surface area contributed by atoms with E-state index in [1.165, 1.54) is 12.1 Å². The third-order valence-corrected chi connectivity index (χ3v) is 5.47. The molecular weight excluding hydrogens is 274 g/mol. The summed E-state index contributed by atoms with van der Waals surface area (Å²) in [6.07, 6.45) is 2.24. The van der Waals surface area contributed by atoms with E-state index in [0.717, 1.165) is 6.26 Å². The molecule has 0 aromatic heterocycles. The summed E-state index contributed by atoms with van der Waals surface area (Å²) in [4.78, 5) is 0.157. The fraction of sp³-hybridized carbons (Fsp3) is 0.455. The van der Waals surface area contributed by atoms with Gasteiger partial charge in [-0.1, -0.05) is 18.2 Å².